The van der Waals surface area contributed by atoms with E-state index in [4.69, 9.17) is 22.8 Å². The van der Waals surface area contributed by atoms with E-state index < -0.39 is 34.7 Å². The van der Waals surface area contributed by atoms with Crippen molar-refractivity contribution in [1.82, 2.24) is 0 Å². The summed E-state index contributed by atoms with van der Waals surface area (Å²) in [5, 5.41) is 0.00638. The Morgan fingerprint density at radius 3 is 1.81 bits per heavy atom. The van der Waals surface area contributed by atoms with E-state index in [0.29, 0.717) is 6.42 Å². The maximum absolute atomic E-state index is 11.6. The molecule has 0 amide bonds. The molecule has 0 aromatic rings. The van der Waals surface area contributed by atoms with Gasteiger partial charge in [0.15, 0.2) is 28.6 Å². The standard InChI is InChI=1S/C31H60I2O6Si3/c1-28(2,3)40(10,11)37-23(18-20-32)25-26(38-41(12,13)29(4,5)6)27(39-42(14,15)30(7,8)9)31(33)24(35-25)17-16-22(36-31)19-21-34/h18,20-27H,16-17,19H2,1-15H3/b20-18+/t22-,23?,24+,25-,26?,27?,31-/m1/s1. The molecule has 0 aromatic heterocycles. The minimum absolute atomic E-state index is 0.0131. The fraction of sp³-hybridized carbons (Fsp3) is 0.903. The second-order valence-corrected chi connectivity index (χ2v) is 33.5. The summed E-state index contributed by atoms with van der Waals surface area (Å²) in [6.45, 7) is 34.3. The third-order valence-corrected chi connectivity index (χ3v) is 25.9. The van der Waals surface area contributed by atoms with Gasteiger partial charge in [-0.2, -0.15) is 0 Å². The molecule has 0 spiro atoms. The molecular formula is C31H60I2O6Si3. The normalized spacial score (nSPS) is 31.2. The Bertz CT molecular complexity index is 954. The highest BCUT2D eigenvalue weighted by Crippen LogP contribution is 2.52. The van der Waals surface area contributed by atoms with Crippen LogP contribution in [0.2, 0.25) is 54.4 Å². The van der Waals surface area contributed by atoms with Crippen LogP contribution in [0.15, 0.2) is 10.2 Å². The first-order chi connectivity index (χ1) is 18.7. The average molecular weight is 867 g/mol. The van der Waals surface area contributed by atoms with Gasteiger partial charge in [0.1, 0.15) is 24.6 Å². The van der Waals surface area contributed by atoms with Crippen LogP contribution in [0.3, 0.4) is 0 Å². The highest BCUT2D eigenvalue weighted by Gasteiger charge is 2.63. The van der Waals surface area contributed by atoms with Gasteiger partial charge in [-0.05, 0) is 100.0 Å². The van der Waals surface area contributed by atoms with Gasteiger partial charge in [-0.1, -0.05) is 84.9 Å². The second-order valence-electron chi connectivity index (χ2n) is 16.8. The Labute approximate surface area is 288 Å². The van der Waals surface area contributed by atoms with Crippen LogP contribution in [0, 0.1) is 0 Å². The summed E-state index contributed by atoms with van der Waals surface area (Å²) in [5.74, 6) is 0. The largest absolute Gasteiger partial charge is 0.408 e. The van der Waals surface area contributed by atoms with Gasteiger partial charge >= 0.3 is 0 Å². The van der Waals surface area contributed by atoms with Gasteiger partial charge in [0.05, 0.1) is 18.3 Å². The molecule has 11 heteroatoms. The third-order valence-electron chi connectivity index (χ3n) is 10.5. The molecule has 2 heterocycles. The maximum atomic E-state index is 11.6. The van der Waals surface area contributed by atoms with Gasteiger partial charge in [0.2, 0.25) is 0 Å². The van der Waals surface area contributed by atoms with Crippen LogP contribution in [0.25, 0.3) is 0 Å². The topological polar surface area (TPSA) is 63.2 Å². The Kier molecular flexibility index (Phi) is 13.0. The van der Waals surface area contributed by atoms with Gasteiger partial charge in [0.25, 0.3) is 0 Å². The molecule has 0 saturated carbocycles. The molecule has 2 aliphatic heterocycles. The predicted octanol–water partition coefficient (Wildman–Crippen LogP) is 9.77. The molecule has 2 fully saturated rings. The predicted molar refractivity (Wildman–Crippen MR) is 200 cm³/mol. The van der Waals surface area contributed by atoms with Crippen LogP contribution in [0.1, 0.15) is 81.6 Å². The van der Waals surface area contributed by atoms with Crippen molar-refractivity contribution < 1.29 is 27.5 Å². The Morgan fingerprint density at radius 1 is 0.857 bits per heavy atom. The molecular weight excluding hydrogens is 806 g/mol. The van der Waals surface area contributed by atoms with Crippen molar-refractivity contribution in [3.63, 3.8) is 0 Å². The summed E-state index contributed by atoms with van der Waals surface area (Å²) in [5.41, 5.74) is 0. The van der Waals surface area contributed by atoms with E-state index in [0.717, 1.165) is 19.1 Å². The fourth-order valence-corrected chi connectivity index (χ4v) is 10.4. The zero-order chi connectivity index (χ0) is 32.7. The SMILES string of the molecule is CC(C)(C)[Si](C)(C)OC(/C=C/I)[C@H]1O[C@H]2CC[C@H](CC=O)O[C@@]2(I)C(O[Si](C)(C)C(C)(C)C)C1O[Si](C)(C)C(C)(C)C. The monoisotopic (exact) mass is 866 g/mol. The van der Waals surface area contributed by atoms with Crippen LogP contribution in [-0.2, 0) is 27.5 Å². The summed E-state index contributed by atoms with van der Waals surface area (Å²) < 4.78 is 37.3. The van der Waals surface area contributed by atoms with Crippen molar-refractivity contribution in [2.75, 3.05) is 0 Å². The van der Waals surface area contributed by atoms with Crippen LogP contribution in [0.4, 0.5) is 0 Å². The Balaban J connectivity index is 2.81. The zero-order valence-corrected chi connectivity index (χ0v) is 36.3. The third kappa shape index (κ3) is 8.81. The molecule has 2 rings (SSSR count). The average Bonchev–Trinajstić information content (AvgIpc) is 2.78. The van der Waals surface area contributed by atoms with Crippen LogP contribution >= 0.6 is 45.2 Å². The van der Waals surface area contributed by atoms with Crippen molar-refractivity contribution in [3.8, 4) is 0 Å². The van der Waals surface area contributed by atoms with E-state index in [9.17, 15) is 4.79 Å². The summed E-state index contributed by atoms with van der Waals surface area (Å²) in [7, 11) is -6.80. The van der Waals surface area contributed by atoms with Crippen molar-refractivity contribution in [2.45, 2.75) is 176 Å². The number of fused-ring (bicyclic) bond motifs is 1. The van der Waals surface area contributed by atoms with Crippen LogP contribution < -0.4 is 0 Å². The minimum atomic E-state index is -2.31. The number of aldehydes is 1. The summed E-state index contributed by atoms with van der Waals surface area (Å²) in [6, 6.07) is 0. The number of rotatable bonds is 10. The van der Waals surface area contributed by atoms with E-state index in [1.165, 1.54) is 0 Å². The second kappa shape index (κ2) is 13.8. The molecule has 6 nitrogen and oxygen atoms in total. The first kappa shape index (κ1) is 39.5. The number of halogens is 2. The minimum Gasteiger partial charge on any atom is -0.408 e. The molecule has 2 aliphatic rings. The number of carbonyl (C=O) groups excluding carboxylic acids is 1. The van der Waals surface area contributed by atoms with E-state index in [1.807, 2.05) is 0 Å². The molecule has 0 N–H and O–H groups in total. The molecule has 246 valence electrons. The molecule has 42 heavy (non-hydrogen) atoms. The van der Waals surface area contributed by atoms with Gasteiger partial charge in [-0.25, -0.2) is 0 Å². The van der Waals surface area contributed by atoms with Crippen molar-refractivity contribution in [3.05, 3.63) is 10.2 Å². The van der Waals surface area contributed by atoms with E-state index in [-0.39, 0.29) is 45.6 Å². The molecule has 0 bridgehead atoms. The highest BCUT2D eigenvalue weighted by molar-refractivity contribution is 14.1. The molecule has 0 aromatic carbocycles. The van der Waals surface area contributed by atoms with E-state index in [1.54, 1.807) is 0 Å². The molecule has 0 aliphatic carbocycles. The lowest BCUT2D eigenvalue weighted by Gasteiger charge is -2.59. The summed E-state index contributed by atoms with van der Waals surface area (Å²) in [4.78, 5) is 11.6. The Morgan fingerprint density at radius 2 is 1.36 bits per heavy atom. The molecule has 2 saturated heterocycles. The number of hydrogen-bond donors (Lipinski definition) is 0. The van der Waals surface area contributed by atoms with Crippen LogP contribution in [0.5, 0.6) is 0 Å². The maximum Gasteiger partial charge on any atom is 0.193 e. The lowest BCUT2D eigenvalue weighted by Crippen LogP contribution is -2.72. The van der Waals surface area contributed by atoms with Gasteiger partial charge < -0.3 is 27.5 Å². The number of carbonyl (C=O) groups is 1. The van der Waals surface area contributed by atoms with Crippen molar-refractivity contribution in [2.24, 2.45) is 0 Å². The first-order valence-electron chi connectivity index (χ1n) is 15.5. The smallest absolute Gasteiger partial charge is 0.193 e. The first-order valence-corrected chi connectivity index (χ1v) is 26.5. The molecule has 0 radical (unpaired) electrons. The van der Waals surface area contributed by atoms with Gasteiger partial charge in [-0.3, -0.25) is 0 Å². The highest BCUT2D eigenvalue weighted by atomic mass is 127. The number of ether oxygens (including phenoxy) is 2. The molecule has 3 unspecified atom stereocenters. The lowest BCUT2D eigenvalue weighted by molar-refractivity contribution is -0.273. The van der Waals surface area contributed by atoms with E-state index >= 15 is 0 Å². The van der Waals surface area contributed by atoms with Gasteiger partial charge in [0, 0.05) is 6.42 Å². The van der Waals surface area contributed by atoms with E-state index in [2.05, 4.69) is 157 Å². The summed E-state index contributed by atoms with van der Waals surface area (Å²) >= 11 is 4.75. The number of hydrogen-bond acceptors (Lipinski definition) is 6. The van der Waals surface area contributed by atoms with Crippen molar-refractivity contribution in [1.29, 1.82) is 0 Å². The lowest BCUT2D eigenvalue weighted by atomic mass is 9.87. The number of alkyl halides is 1. The van der Waals surface area contributed by atoms with Gasteiger partial charge in [-0.15, -0.1) is 0 Å². The summed E-state index contributed by atoms with van der Waals surface area (Å²) in [6.07, 6.45) is 3.22. The fourth-order valence-electron chi connectivity index (χ4n) is 4.63. The zero-order valence-electron chi connectivity index (χ0n) is 29.0. The Hall–Kier alpha value is 1.32. The van der Waals surface area contributed by atoms with Crippen LogP contribution in [-0.4, -0.2) is 71.5 Å². The molecule has 7 atom stereocenters. The quantitative estimate of drug-likeness (QED) is 0.0944. The van der Waals surface area contributed by atoms with Crippen molar-refractivity contribution >= 4 is 76.4 Å².